The van der Waals surface area contributed by atoms with Crippen LogP contribution in [0.5, 0.6) is 11.5 Å². The van der Waals surface area contributed by atoms with Gasteiger partial charge in [-0.05, 0) is 49.2 Å². The summed E-state index contributed by atoms with van der Waals surface area (Å²) in [6.45, 7) is 4.17. The van der Waals surface area contributed by atoms with Crippen LogP contribution < -0.4 is 4.74 Å². The van der Waals surface area contributed by atoms with Gasteiger partial charge < -0.3 is 4.74 Å². The number of hydrogen-bond donors (Lipinski definition) is 0. The van der Waals surface area contributed by atoms with Crippen LogP contribution in [0.15, 0.2) is 48.5 Å². The molecule has 1 heterocycles. The van der Waals surface area contributed by atoms with Crippen LogP contribution in [-0.4, -0.2) is 4.98 Å². The number of benzene rings is 2. The summed E-state index contributed by atoms with van der Waals surface area (Å²) < 4.78 is 6.07. The van der Waals surface area contributed by atoms with Gasteiger partial charge in [0.25, 0.3) is 0 Å². The molecule has 0 saturated heterocycles. The summed E-state index contributed by atoms with van der Waals surface area (Å²) in [6.07, 6.45) is 0. The van der Waals surface area contributed by atoms with Crippen molar-refractivity contribution in [2.45, 2.75) is 19.7 Å². The van der Waals surface area contributed by atoms with Crippen LogP contribution in [0.4, 0.5) is 0 Å². The maximum atomic E-state index is 6.07. The lowest BCUT2D eigenvalue weighted by Gasteiger charge is -2.11. The zero-order chi connectivity index (χ0) is 14.8. The van der Waals surface area contributed by atoms with E-state index in [0.29, 0.717) is 5.88 Å². The average Bonchev–Trinajstić information content (AvgIpc) is 2.51. The van der Waals surface area contributed by atoms with Crippen LogP contribution >= 0.6 is 11.6 Å². The highest BCUT2D eigenvalue weighted by Gasteiger charge is 2.08. The Balaban J connectivity index is 2.08. The zero-order valence-corrected chi connectivity index (χ0v) is 12.8. The van der Waals surface area contributed by atoms with E-state index < -0.39 is 0 Å². The fourth-order valence-electron chi connectivity index (χ4n) is 2.25. The van der Waals surface area contributed by atoms with Crippen LogP contribution in [0.2, 0.25) is 0 Å². The van der Waals surface area contributed by atoms with Crippen molar-refractivity contribution in [3.8, 4) is 11.5 Å². The Morgan fingerprint density at radius 1 is 1.00 bits per heavy atom. The van der Waals surface area contributed by atoms with Gasteiger partial charge >= 0.3 is 0 Å². The number of ether oxygens (including phenoxy) is 1. The summed E-state index contributed by atoms with van der Waals surface area (Å²) in [6, 6.07) is 15.9. The maximum Gasteiger partial charge on any atom is 0.138 e. The van der Waals surface area contributed by atoms with E-state index in [-0.39, 0.29) is 0 Å². The van der Waals surface area contributed by atoms with Gasteiger partial charge in [0, 0.05) is 11.5 Å². The predicted molar refractivity (Wildman–Crippen MR) is 87.3 cm³/mol. The third-order valence-electron chi connectivity index (χ3n) is 3.57. The van der Waals surface area contributed by atoms with Crippen molar-refractivity contribution in [3.63, 3.8) is 0 Å². The quantitative estimate of drug-likeness (QED) is 0.605. The van der Waals surface area contributed by atoms with E-state index in [2.05, 4.69) is 24.9 Å². The summed E-state index contributed by atoms with van der Waals surface area (Å²) in [5.41, 5.74) is 4.18. The Kier molecular flexibility index (Phi) is 3.80. The molecule has 0 spiro atoms. The largest absolute Gasteiger partial charge is 0.457 e. The number of fused-ring (bicyclic) bond motifs is 1. The van der Waals surface area contributed by atoms with Crippen molar-refractivity contribution >= 4 is 22.5 Å². The van der Waals surface area contributed by atoms with Gasteiger partial charge in [0.2, 0.25) is 0 Å². The number of aryl methyl sites for hydroxylation is 2. The molecule has 0 saturated carbocycles. The van der Waals surface area contributed by atoms with E-state index in [9.17, 15) is 0 Å². The van der Waals surface area contributed by atoms with Crippen molar-refractivity contribution in [2.75, 3.05) is 0 Å². The van der Waals surface area contributed by atoms with Crippen LogP contribution in [0.1, 0.15) is 16.8 Å². The first-order valence-corrected chi connectivity index (χ1v) is 7.40. The molecule has 2 nitrogen and oxygen atoms in total. The van der Waals surface area contributed by atoms with Gasteiger partial charge in [-0.2, -0.15) is 0 Å². The van der Waals surface area contributed by atoms with Crippen LogP contribution in [0.3, 0.4) is 0 Å². The second-order valence-electron chi connectivity index (χ2n) is 5.11. The van der Waals surface area contributed by atoms with Crippen molar-refractivity contribution in [1.29, 1.82) is 0 Å². The minimum absolute atomic E-state index is 0.369. The highest BCUT2D eigenvalue weighted by atomic mass is 35.5. The Hall–Kier alpha value is -2.06. The lowest BCUT2D eigenvalue weighted by Crippen LogP contribution is -1.93. The van der Waals surface area contributed by atoms with Crippen LogP contribution in [-0.2, 0) is 5.88 Å². The molecular formula is C18H16ClNO. The number of alkyl halides is 1. The molecule has 21 heavy (non-hydrogen) atoms. The van der Waals surface area contributed by atoms with Crippen LogP contribution in [0.25, 0.3) is 10.9 Å². The molecule has 0 unspecified atom stereocenters. The molecule has 3 aromatic rings. The molecule has 0 bridgehead atoms. The molecule has 3 heteroatoms. The lowest BCUT2D eigenvalue weighted by molar-refractivity contribution is 0.487. The smallest absolute Gasteiger partial charge is 0.138 e. The second-order valence-corrected chi connectivity index (χ2v) is 5.38. The topological polar surface area (TPSA) is 22.1 Å². The SMILES string of the molecule is Cc1ccc(Oc2cc(CCl)nc3ccccc23)cc1C. The van der Waals surface area contributed by atoms with Crippen molar-refractivity contribution < 1.29 is 4.74 Å². The van der Waals surface area contributed by atoms with Gasteiger partial charge in [-0.15, -0.1) is 11.6 Å². The van der Waals surface area contributed by atoms with Gasteiger partial charge in [-0.25, -0.2) is 0 Å². The molecule has 0 radical (unpaired) electrons. The van der Waals surface area contributed by atoms with Crippen molar-refractivity contribution in [3.05, 3.63) is 65.4 Å². The standard InChI is InChI=1S/C18H16ClNO/c1-12-7-8-15(9-13(12)2)21-18-10-14(11-19)20-17-6-4-3-5-16(17)18/h3-10H,11H2,1-2H3. The van der Waals surface area contributed by atoms with Gasteiger partial charge in [0.05, 0.1) is 17.1 Å². The number of aromatic nitrogens is 1. The summed E-state index contributed by atoms with van der Waals surface area (Å²) in [5, 5.41) is 0.990. The predicted octanol–water partition coefficient (Wildman–Crippen LogP) is 5.38. The molecule has 0 aliphatic rings. The van der Waals surface area contributed by atoms with E-state index in [1.807, 2.05) is 42.5 Å². The number of para-hydroxylation sites is 1. The van der Waals surface area contributed by atoms with Gasteiger partial charge in [-0.1, -0.05) is 18.2 Å². The molecule has 0 aliphatic heterocycles. The number of halogens is 1. The minimum Gasteiger partial charge on any atom is -0.457 e. The van der Waals surface area contributed by atoms with E-state index in [4.69, 9.17) is 16.3 Å². The zero-order valence-electron chi connectivity index (χ0n) is 12.1. The van der Waals surface area contributed by atoms with Gasteiger partial charge in [0.15, 0.2) is 0 Å². The molecule has 106 valence electrons. The number of rotatable bonds is 3. The van der Waals surface area contributed by atoms with E-state index >= 15 is 0 Å². The first-order valence-electron chi connectivity index (χ1n) is 6.87. The molecular weight excluding hydrogens is 282 g/mol. The lowest BCUT2D eigenvalue weighted by atomic mass is 10.1. The average molecular weight is 298 g/mol. The summed E-state index contributed by atoms with van der Waals surface area (Å²) >= 11 is 5.93. The first kappa shape index (κ1) is 13.9. The van der Waals surface area contributed by atoms with Gasteiger partial charge in [0.1, 0.15) is 11.5 Å². The maximum absolute atomic E-state index is 6.07. The van der Waals surface area contributed by atoms with Crippen molar-refractivity contribution in [2.24, 2.45) is 0 Å². The van der Waals surface area contributed by atoms with Crippen LogP contribution in [0, 0.1) is 13.8 Å². The Morgan fingerprint density at radius 3 is 2.57 bits per heavy atom. The monoisotopic (exact) mass is 297 g/mol. The summed E-state index contributed by atoms with van der Waals surface area (Å²) in [7, 11) is 0. The fraction of sp³-hybridized carbons (Fsp3) is 0.167. The number of pyridine rings is 1. The molecule has 0 amide bonds. The first-order chi connectivity index (χ1) is 10.2. The molecule has 1 aromatic heterocycles. The molecule has 0 N–H and O–H groups in total. The van der Waals surface area contributed by atoms with E-state index in [0.717, 1.165) is 28.1 Å². The third-order valence-corrected chi connectivity index (χ3v) is 3.85. The Morgan fingerprint density at radius 2 is 1.81 bits per heavy atom. The Labute approximate surface area is 129 Å². The minimum atomic E-state index is 0.369. The molecule has 0 fully saturated rings. The molecule has 3 rings (SSSR count). The van der Waals surface area contributed by atoms with Gasteiger partial charge in [-0.3, -0.25) is 4.98 Å². The summed E-state index contributed by atoms with van der Waals surface area (Å²) in [4.78, 5) is 4.52. The number of nitrogens with zero attached hydrogens (tertiary/aromatic N) is 1. The third kappa shape index (κ3) is 2.86. The number of hydrogen-bond acceptors (Lipinski definition) is 2. The summed E-state index contributed by atoms with van der Waals surface area (Å²) in [5.74, 6) is 1.99. The highest BCUT2D eigenvalue weighted by molar-refractivity contribution is 6.17. The Bertz CT molecular complexity index is 798. The molecule has 0 atom stereocenters. The fourth-order valence-corrected chi connectivity index (χ4v) is 2.39. The van der Waals surface area contributed by atoms with Crippen molar-refractivity contribution in [1.82, 2.24) is 4.98 Å². The highest BCUT2D eigenvalue weighted by Crippen LogP contribution is 2.31. The molecule has 0 aliphatic carbocycles. The second kappa shape index (κ2) is 5.74. The van der Waals surface area contributed by atoms with E-state index in [1.165, 1.54) is 11.1 Å². The normalized spacial score (nSPS) is 10.8. The molecule has 2 aromatic carbocycles. The van der Waals surface area contributed by atoms with E-state index in [1.54, 1.807) is 0 Å².